The molecule has 0 unspecified atom stereocenters. The van der Waals surface area contributed by atoms with Gasteiger partial charge >= 0.3 is 0 Å². The Labute approximate surface area is 132 Å². The van der Waals surface area contributed by atoms with Gasteiger partial charge in [0.1, 0.15) is 5.76 Å². The average Bonchev–Trinajstić information content (AvgIpc) is 2.77. The number of nitrogens with one attached hydrogen (secondary N) is 1. The SMILES string of the molecule is CNCCC1CCN(C(=O)Cc2c(C)noc2C)CC1.Cl. The molecule has 1 fully saturated rings. The Hall–Kier alpha value is -1.07. The van der Waals surface area contributed by atoms with Gasteiger partial charge in [0, 0.05) is 18.7 Å². The van der Waals surface area contributed by atoms with Crippen LogP contribution in [0.15, 0.2) is 4.52 Å². The number of piperidine rings is 1. The third-order valence-electron chi connectivity index (χ3n) is 4.28. The van der Waals surface area contributed by atoms with Gasteiger partial charge in [-0.2, -0.15) is 0 Å². The quantitative estimate of drug-likeness (QED) is 0.904. The maximum atomic E-state index is 12.3. The third-order valence-corrected chi connectivity index (χ3v) is 4.28. The van der Waals surface area contributed by atoms with Gasteiger partial charge in [0.15, 0.2) is 0 Å². The fraction of sp³-hybridized carbons (Fsp3) is 0.733. The molecule has 1 saturated heterocycles. The number of halogens is 1. The minimum atomic E-state index is 0. The minimum absolute atomic E-state index is 0. The number of carbonyl (C=O) groups excluding carboxylic acids is 1. The molecular formula is C15H26ClN3O2. The van der Waals surface area contributed by atoms with E-state index in [-0.39, 0.29) is 18.3 Å². The van der Waals surface area contributed by atoms with Gasteiger partial charge < -0.3 is 14.7 Å². The standard InChI is InChI=1S/C15H25N3O2.ClH/c1-11-14(12(2)20-17-11)10-15(19)18-8-5-13(6-9-18)4-7-16-3;/h13,16H,4-10H2,1-3H3;1H. The van der Waals surface area contributed by atoms with Crippen molar-refractivity contribution in [2.45, 2.75) is 39.5 Å². The van der Waals surface area contributed by atoms with E-state index in [0.717, 1.165) is 55.4 Å². The Morgan fingerprint density at radius 3 is 2.57 bits per heavy atom. The number of hydrogen-bond acceptors (Lipinski definition) is 4. The molecule has 6 heteroatoms. The van der Waals surface area contributed by atoms with Crippen LogP contribution in [0.3, 0.4) is 0 Å². The highest BCUT2D eigenvalue weighted by Gasteiger charge is 2.24. The van der Waals surface area contributed by atoms with Crippen molar-refractivity contribution in [3.05, 3.63) is 17.0 Å². The van der Waals surface area contributed by atoms with E-state index in [2.05, 4.69) is 10.5 Å². The molecule has 2 heterocycles. The Balaban J connectivity index is 0.00000220. The van der Waals surface area contributed by atoms with Crippen LogP contribution in [0.4, 0.5) is 0 Å². The first kappa shape index (κ1) is 18.0. The second-order valence-electron chi connectivity index (χ2n) is 5.70. The highest BCUT2D eigenvalue weighted by atomic mass is 35.5. The maximum absolute atomic E-state index is 12.3. The zero-order valence-electron chi connectivity index (χ0n) is 13.1. The lowest BCUT2D eigenvalue weighted by molar-refractivity contribution is -0.131. The topological polar surface area (TPSA) is 58.4 Å². The fourth-order valence-corrected chi connectivity index (χ4v) is 2.84. The van der Waals surface area contributed by atoms with Gasteiger partial charge in [-0.3, -0.25) is 4.79 Å². The zero-order valence-corrected chi connectivity index (χ0v) is 14.0. The molecule has 1 aliphatic rings. The summed E-state index contributed by atoms with van der Waals surface area (Å²) in [5.74, 6) is 1.72. The molecule has 1 amide bonds. The summed E-state index contributed by atoms with van der Waals surface area (Å²) in [6, 6.07) is 0. The van der Waals surface area contributed by atoms with Gasteiger partial charge in [-0.1, -0.05) is 5.16 Å². The lowest BCUT2D eigenvalue weighted by Gasteiger charge is -2.32. The van der Waals surface area contributed by atoms with Crippen LogP contribution in [0.2, 0.25) is 0 Å². The predicted octanol–water partition coefficient (Wildman–Crippen LogP) is 2.10. The number of carbonyl (C=O) groups is 1. The van der Waals surface area contributed by atoms with Crippen LogP contribution in [0.1, 0.15) is 36.3 Å². The molecule has 1 aliphatic heterocycles. The summed E-state index contributed by atoms with van der Waals surface area (Å²) in [7, 11) is 1.99. The van der Waals surface area contributed by atoms with Crippen LogP contribution in [0, 0.1) is 19.8 Å². The second-order valence-corrected chi connectivity index (χ2v) is 5.70. The van der Waals surface area contributed by atoms with Gasteiger partial charge in [-0.05, 0) is 52.6 Å². The number of rotatable bonds is 5. The smallest absolute Gasteiger partial charge is 0.227 e. The highest BCUT2D eigenvalue weighted by Crippen LogP contribution is 2.21. The van der Waals surface area contributed by atoms with E-state index in [9.17, 15) is 4.79 Å². The number of aryl methyl sites for hydroxylation is 2. The van der Waals surface area contributed by atoms with Gasteiger partial charge in [0.05, 0.1) is 12.1 Å². The van der Waals surface area contributed by atoms with Crippen molar-refractivity contribution in [2.75, 3.05) is 26.7 Å². The molecule has 0 bridgehead atoms. The summed E-state index contributed by atoms with van der Waals surface area (Å²) >= 11 is 0. The Bertz CT molecular complexity index is 434. The Morgan fingerprint density at radius 1 is 1.38 bits per heavy atom. The maximum Gasteiger partial charge on any atom is 0.227 e. The molecule has 1 aromatic rings. The third kappa shape index (κ3) is 4.71. The molecule has 1 aromatic heterocycles. The summed E-state index contributed by atoms with van der Waals surface area (Å²) in [5.41, 5.74) is 1.78. The zero-order chi connectivity index (χ0) is 14.5. The minimum Gasteiger partial charge on any atom is -0.361 e. The van der Waals surface area contributed by atoms with Crippen molar-refractivity contribution < 1.29 is 9.32 Å². The Morgan fingerprint density at radius 2 is 2.05 bits per heavy atom. The van der Waals surface area contributed by atoms with E-state index >= 15 is 0 Å². The molecule has 0 radical (unpaired) electrons. The first-order valence-corrected chi connectivity index (χ1v) is 7.46. The lowest BCUT2D eigenvalue weighted by Crippen LogP contribution is -2.39. The van der Waals surface area contributed by atoms with Crippen molar-refractivity contribution >= 4 is 18.3 Å². The van der Waals surface area contributed by atoms with Gasteiger partial charge in [-0.25, -0.2) is 0 Å². The lowest BCUT2D eigenvalue weighted by atomic mass is 9.93. The molecule has 5 nitrogen and oxygen atoms in total. The van der Waals surface area contributed by atoms with E-state index in [1.54, 1.807) is 0 Å². The number of hydrogen-bond donors (Lipinski definition) is 1. The van der Waals surface area contributed by atoms with E-state index in [1.807, 2.05) is 25.8 Å². The van der Waals surface area contributed by atoms with Gasteiger partial charge in [-0.15, -0.1) is 12.4 Å². The van der Waals surface area contributed by atoms with Crippen LogP contribution in [0.25, 0.3) is 0 Å². The Kier molecular flexibility index (Phi) is 7.18. The van der Waals surface area contributed by atoms with Crippen LogP contribution in [-0.4, -0.2) is 42.6 Å². The van der Waals surface area contributed by atoms with Crippen LogP contribution in [0.5, 0.6) is 0 Å². The number of likely N-dealkylation sites (tertiary alicyclic amines) is 1. The van der Waals surface area contributed by atoms with Crippen LogP contribution >= 0.6 is 12.4 Å². The number of nitrogens with zero attached hydrogens (tertiary/aromatic N) is 2. The van der Waals surface area contributed by atoms with Crippen molar-refractivity contribution in [3.8, 4) is 0 Å². The molecular weight excluding hydrogens is 290 g/mol. The molecule has 0 spiro atoms. The first-order chi connectivity index (χ1) is 9.61. The van der Waals surface area contributed by atoms with Crippen LogP contribution in [-0.2, 0) is 11.2 Å². The van der Waals surface area contributed by atoms with E-state index < -0.39 is 0 Å². The largest absolute Gasteiger partial charge is 0.361 e. The van der Waals surface area contributed by atoms with Crippen molar-refractivity contribution in [2.24, 2.45) is 5.92 Å². The molecule has 2 rings (SSSR count). The van der Waals surface area contributed by atoms with E-state index in [1.165, 1.54) is 6.42 Å². The number of amides is 1. The summed E-state index contributed by atoms with van der Waals surface area (Å²) in [6.07, 6.45) is 3.87. The number of aromatic nitrogens is 1. The average molecular weight is 316 g/mol. The predicted molar refractivity (Wildman–Crippen MR) is 84.8 cm³/mol. The van der Waals surface area contributed by atoms with Gasteiger partial charge in [0.25, 0.3) is 0 Å². The fourth-order valence-electron chi connectivity index (χ4n) is 2.84. The summed E-state index contributed by atoms with van der Waals surface area (Å²) in [6.45, 7) is 6.60. The summed E-state index contributed by atoms with van der Waals surface area (Å²) < 4.78 is 5.12. The molecule has 0 aliphatic carbocycles. The first-order valence-electron chi connectivity index (χ1n) is 7.46. The summed E-state index contributed by atoms with van der Waals surface area (Å²) in [5, 5.41) is 7.10. The molecule has 21 heavy (non-hydrogen) atoms. The van der Waals surface area contributed by atoms with E-state index in [4.69, 9.17) is 4.52 Å². The second kappa shape index (κ2) is 8.39. The molecule has 0 saturated carbocycles. The highest BCUT2D eigenvalue weighted by molar-refractivity contribution is 5.85. The normalized spacial score (nSPS) is 15.9. The van der Waals surface area contributed by atoms with Gasteiger partial charge in [0.2, 0.25) is 5.91 Å². The molecule has 120 valence electrons. The van der Waals surface area contributed by atoms with Crippen molar-refractivity contribution in [3.63, 3.8) is 0 Å². The summed E-state index contributed by atoms with van der Waals surface area (Å²) in [4.78, 5) is 14.3. The van der Waals surface area contributed by atoms with Crippen LogP contribution < -0.4 is 5.32 Å². The van der Waals surface area contributed by atoms with Crippen molar-refractivity contribution in [1.29, 1.82) is 0 Å². The molecule has 1 N–H and O–H groups in total. The van der Waals surface area contributed by atoms with Crippen molar-refractivity contribution in [1.82, 2.24) is 15.4 Å². The van der Waals surface area contributed by atoms with E-state index in [0.29, 0.717) is 6.42 Å². The molecule has 0 aromatic carbocycles. The monoisotopic (exact) mass is 315 g/mol. The molecule has 0 atom stereocenters.